The SMILES string of the molecule is Cc1nn(-c2ccccc2)c(=O)c(Cl)c1Cl. The summed E-state index contributed by atoms with van der Waals surface area (Å²) in [5, 5.41) is 4.30. The fourth-order valence-electron chi connectivity index (χ4n) is 1.33. The van der Waals surface area contributed by atoms with Crippen molar-refractivity contribution in [2.24, 2.45) is 0 Å². The molecule has 1 heterocycles. The molecule has 0 fully saturated rings. The van der Waals surface area contributed by atoms with Crippen LogP contribution in [0, 0.1) is 6.92 Å². The zero-order valence-corrected chi connectivity index (χ0v) is 9.96. The smallest absolute Gasteiger partial charge is 0.266 e. The molecule has 1 aromatic heterocycles. The molecule has 0 N–H and O–H groups in total. The maximum Gasteiger partial charge on any atom is 0.291 e. The molecule has 0 saturated heterocycles. The summed E-state index contributed by atoms with van der Waals surface area (Å²) in [5.74, 6) is 0. The predicted molar refractivity (Wildman–Crippen MR) is 64.6 cm³/mol. The van der Waals surface area contributed by atoms with Crippen molar-refractivity contribution in [2.45, 2.75) is 6.92 Å². The van der Waals surface area contributed by atoms with E-state index in [1.165, 1.54) is 4.68 Å². The van der Waals surface area contributed by atoms with Gasteiger partial charge in [-0.3, -0.25) is 4.79 Å². The van der Waals surface area contributed by atoms with Crippen molar-refractivity contribution >= 4 is 23.2 Å². The summed E-state index contributed by atoms with van der Waals surface area (Å²) in [4.78, 5) is 11.8. The lowest BCUT2D eigenvalue weighted by molar-refractivity contribution is 0.786. The molecule has 0 atom stereocenters. The Morgan fingerprint density at radius 1 is 1.12 bits per heavy atom. The van der Waals surface area contributed by atoms with Crippen molar-refractivity contribution in [3.05, 3.63) is 56.4 Å². The van der Waals surface area contributed by atoms with Gasteiger partial charge >= 0.3 is 0 Å². The van der Waals surface area contributed by atoms with E-state index in [1.807, 2.05) is 18.2 Å². The van der Waals surface area contributed by atoms with Crippen molar-refractivity contribution in [3.63, 3.8) is 0 Å². The minimum atomic E-state index is -0.413. The lowest BCUT2D eigenvalue weighted by Gasteiger charge is -2.07. The lowest BCUT2D eigenvalue weighted by Crippen LogP contribution is -2.22. The van der Waals surface area contributed by atoms with E-state index in [0.29, 0.717) is 11.4 Å². The molecule has 1 aromatic carbocycles. The first-order chi connectivity index (χ1) is 7.61. The molecule has 0 amide bonds. The normalized spacial score (nSPS) is 10.4. The number of hydrogen-bond donors (Lipinski definition) is 0. The molecule has 5 heteroatoms. The van der Waals surface area contributed by atoms with Gasteiger partial charge in [-0.25, -0.2) is 0 Å². The molecule has 2 aromatic rings. The van der Waals surface area contributed by atoms with E-state index < -0.39 is 5.56 Å². The molecule has 0 aliphatic rings. The molecule has 0 spiro atoms. The second kappa shape index (κ2) is 4.28. The van der Waals surface area contributed by atoms with Crippen LogP contribution >= 0.6 is 23.2 Å². The van der Waals surface area contributed by atoms with Gasteiger partial charge in [-0.2, -0.15) is 9.78 Å². The minimum Gasteiger partial charge on any atom is -0.266 e. The van der Waals surface area contributed by atoms with Gasteiger partial charge in [0.05, 0.1) is 16.4 Å². The van der Waals surface area contributed by atoms with E-state index in [2.05, 4.69) is 5.10 Å². The first kappa shape index (κ1) is 11.2. The number of benzene rings is 1. The molecule has 2 rings (SSSR count). The topological polar surface area (TPSA) is 34.9 Å². The van der Waals surface area contributed by atoms with Crippen LogP contribution in [0.4, 0.5) is 0 Å². The summed E-state index contributed by atoms with van der Waals surface area (Å²) < 4.78 is 1.24. The number of para-hydroxylation sites is 1. The van der Waals surface area contributed by atoms with Gasteiger partial charge in [0.25, 0.3) is 5.56 Å². The van der Waals surface area contributed by atoms with Crippen LogP contribution in [-0.2, 0) is 0 Å². The highest BCUT2D eigenvalue weighted by Crippen LogP contribution is 2.20. The Labute approximate surface area is 102 Å². The van der Waals surface area contributed by atoms with Crippen molar-refractivity contribution in [2.75, 3.05) is 0 Å². The maximum atomic E-state index is 11.8. The number of aromatic nitrogens is 2. The van der Waals surface area contributed by atoms with Crippen LogP contribution < -0.4 is 5.56 Å². The van der Waals surface area contributed by atoms with Gasteiger partial charge in [0, 0.05) is 0 Å². The fourth-order valence-corrected chi connectivity index (χ4v) is 1.66. The van der Waals surface area contributed by atoms with Gasteiger partial charge < -0.3 is 0 Å². The first-order valence-electron chi connectivity index (χ1n) is 4.61. The molecule has 0 saturated carbocycles. The summed E-state index contributed by atoms with van der Waals surface area (Å²) in [6, 6.07) is 9.05. The van der Waals surface area contributed by atoms with E-state index in [9.17, 15) is 4.79 Å². The Bertz CT molecular complexity index is 579. The third-order valence-corrected chi connectivity index (χ3v) is 3.05. The van der Waals surface area contributed by atoms with Crippen LogP contribution in [0.25, 0.3) is 5.69 Å². The first-order valence-corrected chi connectivity index (χ1v) is 5.37. The third-order valence-electron chi connectivity index (χ3n) is 2.14. The van der Waals surface area contributed by atoms with Crippen LogP contribution in [-0.4, -0.2) is 9.78 Å². The second-order valence-electron chi connectivity index (χ2n) is 3.27. The Kier molecular flexibility index (Phi) is 2.99. The summed E-state index contributed by atoms with van der Waals surface area (Å²) in [5.41, 5.74) is 0.771. The van der Waals surface area contributed by atoms with Crippen molar-refractivity contribution < 1.29 is 0 Å². The molecule has 0 unspecified atom stereocenters. The monoisotopic (exact) mass is 254 g/mol. The molecular formula is C11H8Cl2N2O. The highest BCUT2D eigenvalue weighted by atomic mass is 35.5. The Balaban J connectivity index is 2.73. The fraction of sp³-hybridized carbons (Fsp3) is 0.0909. The lowest BCUT2D eigenvalue weighted by atomic mass is 10.3. The van der Waals surface area contributed by atoms with Gasteiger partial charge in [0.15, 0.2) is 0 Å². The van der Waals surface area contributed by atoms with E-state index in [4.69, 9.17) is 23.2 Å². The summed E-state index contributed by atoms with van der Waals surface area (Å²) in [6.45, 7) is 1.70. The highest BCUT2D eigenvalue weighted by Gasteiger charge is 2.12. The Morgan fingerprint density at radius 3 is 2.38 bits per heavy atom. The van der Waals surface area contributed by atoms with Crippen LogP contribution in [0.5, 0.6) is 0 Å². The molecular weight excluding hydrogens is 247 g/mol. The predicted octanol–water partition coefficient (Wildman–Crippen LogP) is 2.85. The maximum absolute atomic E-state index is 11.8. The van der Waals surface area contributed by atoms with Gasteiger partial charge in [0.2, 0.25) is 0 Å². The zero-order valence-electron chi connectivity index (χ0n) is 8.45. The van der Waals surface area contributed by atoms with Crippen LogP contribution in [0.15, 0.2) is 35.1 Å². The van der Waals surface area contributed by atoms with Crippen LogP contribution in [0.2, 0.25) is 10.0 Å². The van der Waals surface area contributed by atoms with Gasteiger partial charge in [0.1, 0.15) is 5.02 Å². The van der Waals surface area contributed by atoms with Crippen molar-refractivity contribution in [1.29, 1.82) is 0 Å². The number of aryl methyl sites for hydroxylation is 1. The quantitative estimate of drug-likeness (QED) is 0.785. The molecule has 16 heavy (non-hydrogen) atoms. The van der Waals surface area contributed by atoms with E-state index in [1.54, 1.807) is 19.1 Å². The van der Waals surface area contributed by atoms with Gasteiger partial charge in [-0.1, -0.05) is 41.4 Å². The number of hydrogen-bond acceptors (Lipinski definition) is 2. The molecule has 0 bridgehead atoms. The molecule has 3 nitrogen and oxygen atoms in total. The average molecular weight is 255 g/mol. The van der Waals surface area contributed by atoms with E-state index in [0.717, 1.165) is 0 Å². The molecule has 0 radical (unpaired) electrons. The van der Waals surface area contributed by atoms with E-state index >= 15 is 0 Å². The number of rotatable bonds is 1. The Hall–Kier alpha value is -1.32. The third kappa shape index (κ3) is 1.84. The molecule has 0 aliphatic carbocycles. The second-order valence-corrected chi connectivity index (χ2v) is 4.02. The zero-order chi connectivity index (χ0) is 11.7. The minimum absolute atomic E-state index is 0.00183. The number of halogens is 2. The largest absolute Gasteiger partial charge is 0.291 e. The average Bonchev–Trinajstić information content (AvgIpc) is 2.32. The summed E-state index contributed by atoms with van der Waals surface area (Å²) in [6.07, 6.45) is 0. The molecule has 82 valence electrons. The number of nitrogens with zero attached hydrogens (tertiary/aromatic N) is 2. The van der Waals surface area contributed by atoms with Crippen LogP contribution in [0.1, 0.15) is 5.69 Å². The van der Waals surface area contributed by atoms with E-state index in [-0.39, 0.29) is 10.0 Å². The van der Waals surface area contributed by atoms with Crippen LogP contribution in [0.3, 0.4) is 0 Å². The summed E-state index contributed by atoms with van der Waals surface area (Å²) >= 11 is 11.7. The van der Waals surface area contributed by atoms with Crippen molar-refractivity contribution in [1.82, 2.24) is 9.78 Å². The molecule has 0 aliphatic heterocycles. The Morgan fingerprint density at radius 2 is 1.75 bits per heavy atom. The van der Waals surface area contributed by atoms with Crippen molar-refractivity contribution in [3.8, 4) is 5.69 Å². The standard InChI is InChI=1S/C11H8Cl2N2O/c1-7-9(12)10(13)11(16)15(14-7)8-5-3-2-4-6-8/h2-6H,1H3. The van der Waals surface area contributed by atoms with Gasteiger partial charge in [-0.05, 0) is 19.1 Å². The highest BCUT2D eigenvalue weighted by molar-refractivity contribution is 6.42. The summed E-state index contributed by atoms with van der Waals surface area (Å²) in [7, 11) is 0. The van der Waals surface area contributed by atoms with Gasteiger partial charge in [-0.15, -0.1) is 0 Å².